The van der Waals surface area contributed by atoms with Gasteiger partial charge in [-0.1, -0.05) is 33.1 Å². The molecule has 1 amide bonds. The summed E-state index contributed by atoms with van der Waals surface area (Å²) in [5.74, 6) is 0.699. The van der Waals surface area contributed by atoms with Crippen LogP contribution in [-0.2, 0) is 4.79 Å². The van der Waals surface area contributed by atoms with Gasteiger partial charge in [-0.25, -0.2) is 0 Å². The van der Waals surface area contributed by atoms with Crippen LogP contribution in [0.3, 0.4) is 0 Å². The molecule has 0 aromatic heterocycles. The van der Waals surface area contributed by atoms with Crippen molar-refractivity contribution in [2.75, 3.05) is 13.1 Å². The number of hydrogen-bond acceptors (Lipinski definition) is 2. The molecule has 0 unspecified atom stereocenters. The topological polar surface area (TPSA) is 55.1 Å². The normalized spacial score (nSPS) is 19.8. The fourth-order valence-corrected chi connectivity index (χ4v) is 2.48. The van der Waals surface area contributed by atoms with Crippen molar-refractivity contribution < 1.29 is 4.79 Å². The van der Waals surface area contributed by atoms with E-state index in [2.05, 4.69) is 19.2 Å². The van der Waals surface area contributed by atoms with Gasteiger partial charge >= 0.3 is 0 Å². The molecule has 3 nitrogen and oxygen atoms in total. The van der Waals surface area contributed by atoms with Gasteiger partial charge < -0.3 is 11.1 Å². The lowest BCUT2D eigenvalue weighted by atomic mass is 9.71. The number of rotatable bonds is 5. The van der Waals surface area contributed by atoms with Crippen LogP contribution >= 0.6 is 0 Å². The molecule has 0 heterocycles. The zero-order chi connectivity index (χ0) is 12.0. The van der Waals surface area contributed by atoms with E-state index in [0.29, 0.717) is 18.9 Å². The Morgan fingerprint density at radius 1 is 1.31 bits per heavy atom. The van der Waals surface area contributed by atoms with Crippen LogP contribution in [0.15, 0.2) is 0 Å². The lowest BCUT2D eigenvalue weighted by Crippen LogP contribution is -2.39. The molecule has 1 saturated carbocycles. The van der Waals surface area contributed by atoms with Crippen LogP contribution in [0.1, 0.15) is 52.4 Å². The van der Waals surface area contributed by atoms with Gasteiger partial charge in [0.25, 0.3) is 0 Å². The average molecular weight is 226 g/mol. The number of amides is 1. The second-order valence-corrected chi connectivity index (χ2v) is 5.64. The van der Waals surface area contributed by atoms with Gasteiger partial charge in [-0.2, -0.15) is 0 Å². The predicted molar refractivity (Wildman–Crippen MR) is 67.0 cm³/mol. The largest absolute Gasteiger partial charge is 0.356 e. The van der Waals surface area contributed by atoms with Gasteiger partial charge in [0.1, 0.15) is 0 Å². The summed E-state index contributed by atoms with van der Waals surface area (Å²) in [5, 5.41) is 2.99. The molecule has 0 saturated heterocycles. The third-order valence-corrected chi connectivity index (χ3v) is 3.59. The summed E-state index contributed by atoms with van der Waals surface area (Å²) in [7, 11) is 0. The summed E-state index contributed by atoms with van der Waals surface area (Å²) in [6, 6.07) is 0. The number of hydrogen-bond donors (Lipinski definition) is 2. The molecule has 0 aliphatic heterocycles. The molecule has 0 atom stereocenters. The highest BCUT2D eigenvalue weighted by Crippen LogP contribution is 2.38. The van der Waals surface area contributed by atoms with E-state index in [1.807, 2.05) is 0 Å². The second-order valence-electron chi connectivity index (χ2n) is 5.64. The molecule has 1 aliphatic carbocycles. The highest BCUT2D eigenvalue weighted by atomic mass is 16.1. The van der Waals surface area contributed by atoms with E-state index in [-0.39, 0.29) is 11.3 Å². The van der Waals surface area contributed by atoms with Crippen molar-refractivity contribution >= 4 is 5.91 Å². The molecule has 0 spiro atoms. The van der Waals surface area contributed by atoms with E-state index in [9.17, 15) is 4.79 Å². The standard InChI is InChI=1S/C13H26N2O/c1-11(2)9-15-12(16)8-13(10-14)6-4-3-5-7-13/h11H,3-10,14H2,1-2H3,(H,15,16). The quantitative estimate of drug-likeness (QED) is 0.754. The summed E-state index contributed by atoms with van der Waals surface area (Å²) in [4.78, 5) is 11.8. The Balaban J connectivity index is 2.39. The first-order valence-corrected chi connectivity index (χ1v) is 6.55. The van der Waals surface area contributed by atoms with Crippen molar-refractivity contribution in [1.29, 1.82) is 0 Å². The van der Waals surface area contributed by atoms with E-state index < -0.39 is 0 Å². The number of carbonyl (C=O) groups excluding carboxylic acids is 1. The van der Waals surface area contributed by atoms with Gasteiger partial charge in [0.05, 0.1) is 0 Å². The van der Waals surface area contributed by atoms with Gasteiger partial charge in [0.15, 0.2) is 0 Å². The Hall–Kier alpha value is -0.570. The van der Waals surface area contributed by atoms with Crippen LogP contribution in [0.4, 0.5) is 0 Å². The first-order valence-electron chi connectivity index (χ1n) is 6.55. The molecule has 0 aromatic rings. The Kier molecular flexibility index (Phi) is 5.26. The van der Waals surface area contributed by atoms with Crippen molar-refractivity contribution in [3.63, 3.8) is 0 Å². The van der Waals surface area contributed by atoms with Crippen molar-refractivity contribution in [3.05, 3.63) is 0 Å². The highest BCUT2D eigenvalue weighted by Gasteiger charge is 2.32. The third kappa shape index (κ3) is 4.12. The maximum absolute atomic E-state index is 11.8. The predicted octanol–water partition coefficient (Wildman–Crippen LogP) is 2.06. The third-order valence-electron chi connectivity index (χ3n) is 3.59. The van der Waals surface area contributed by atoms with E-state index in [4.69, 9.17) is 5.73 Å². The molecule has 0 aromatic carbocycles. The van der Waals surface area contributed by atoms with Crippen LogP contribution in [0.2, 0.25) is 0 Å². The summed E-state index contributed by atoms with van der Waals surface area (Å²) >= 11 is 0. The molecular weight excluding hydrogens is 200 g/mol. The molecule has 94 valence electrons. The lowest BCUT2D eigenvalue weighted by molar-refractivity contribution is -0.124. The van der Waals surface area contributed by atoms with Gasteiger partial charge in [0, 0.05) is 13.0 Å². The fourth-order valence-electron chi connectivity index (χ4n) is 2.48. The maximum atomic E-state index is 11.8. The number of nitrogens with two attached hydrogens (primary N) is 1. The maximum Gasteiger partial charge on any atom is 0.220 e. The Bertz CT molecular complexity index is 220. The zero-order valence-electron chi connectivity index (χ0n) is 10.7. The first kappa shape index (κ1) is 13.5. The van der Waals surface area contributed by atoms with Crippen molar-refractivity contribution in [1.82, 2.24) is 5.32 Å². The molecular formula is C13H26N2O. The highest BCUT2D eigenvalue weighted by molar-refractivity contribution is 5.76. The van der Waals surface area contributed by atoms with E-state index in [0.717, 1.165) is 19.4 Å². The molecule has 1 rings (SSSR count). The SMILES string of the molecule is CC(C)CNC(=O)CC1(CN)CCCCC1. The zero-order valence-corrected chi connectivity index (χ0v) is 10.7. The average Bonchev–Trinajstić information content (AvgIpc) is 2.28. The summed E-state index contributed by atoms with van der Waals surface area (Å²) in [6.45, 7) is 5.65. The van der Waals surface area contributed by atoms with Gasteiger partial charge in [-0.15, -0.1) is 0 Å². The molecule has 3 N–H and O–H groups in total. The lowest BCUT2D eigenvalue weighted by Gasteiger charge is -2.35. The van der Waals surface area contributed by atoms with Gasteiger partial charge in [-0.3, -0.25) is 4.79 Å². The molecule has 1 aliphatic rings. The van der Waals surface area contributed by atoms with Crippen LogP contribution in [-0.4, -0.2) is 19.0 Å². The Morgan fingerprint density at radius 3 is 2.44 bits per heavy atom. The van der Waals surface area contributed by atoms with Crippen LogP contribution in [0, 0.1) is 11.3 Å². The van der Waals surface area contributed by atoms with E-state index in [1.54, 1.807) is 0 Å². The summed E-state index contributed by atoms with van der Waals surface area (Å²) in [6.07, 6.45) is 6.63. The van der Waals surface area contributed by atoms with Crippen LogP contribution in [0.5, 0.6) is 0 Å². The smallest absolute Gasteiger partial charge is 0.220 e. The van der Waals surface area contributed by atoms with Gasteiger partial charge in [0.2, 0.25) is 5.91 Å². The van der Waals surface area contributed by atoms with Gasteiger partial charge in [-0.05, 0) is 30.7 Å². The monoisotopic (exact) mass is 226 g/mol. The van der Waals surface area contributed by atoms with E-state index >= 15 is 0 Å². The molecule has 0 bridgehead atoms. The molecule has 16 heavy (non-hydrogen) atoms. The van der Waals surface area contributed by atoms with Crippen molar-refractivity contribution in [3.8, 4) is 0 Å². The summed E-state index contributed by atoms with van der Waals surface area (Å²) in [5.41, 5.74) is 5.96. The van der Waals surface area contributed by atoms with E-state index in [1.165, 1.54) is 19.3 Å². The minimum atomic E-state index is 0.0965. The minimum Gasteiger partial charge on any atom is -0.356 e. The van der Waals surface area contributed by atoms with Crippen molar-refractivity contribution in [2.45, 2.75) is 52.4 Å². The minimum absolute atomic E-state index is 0.0965. The molecule has 1 fully saturated rings. The summed E-state index contributed by atoms with van der Waals surface area (Å²) < 4.78 is 0. The Labute approximate surface area is 99.2 Å². The Morgan fingerprint density at radius 2 is 1.94 bits per heavy atom. The van der Waals surface area contributed by atoms with Crippen LogP contribution in [0.25, 0.3) is 0 Å². The fraction of sp³-hybridized carbons (Fsp3) is 0.923. The number of nitrogens with one attached hydrogen (secondary N) is 1. The molecule has 3 heteroatoms. The first-order chi connectivity index (χ1) is 7.58. The van der Waals surface area contributed by atoms with Crippen molar-refractivity contribution in [2.24, 2.45) is 17.1 Å². The second kappa shape index (κ2) is 6.24. The van der Waals surface area contributed by atoms with Crippen LogP contribution < -0.4 is 11.1 Å². The number of carbonyl (C=O) groups is 1. The molecule has 0 radical (unpaired) electrons.